The van der Waals surface area contributed by atoms with Crippen molar-refractivity contribution in [3.8, 4) is 0 Å². The van der Waals surface area contributed by atoms with Gasteiger partial charge in [0, 0.05) is 19.3 Å². The lowest BCUT2D eigenvalue weighted by atomic mass is 10.1. The van der Waals surface area contributed by atoms with Crippen molar-refractivity contribution in [3.05, 3.63) is 50.8 Å². The quantitative estimate of drug-likeness (QED) is 0.801. The molecular formula is C15H18Br2N2O. The summed E-state index contributed by atoms with van der Waals surface area (Å²) in [6.45, 7) is 2.64. The molecule has 0 spiro atoms. The molecule has 1 aromatic heterocycles. The number of hydrogen-bond acceptors (Lipinski definition) is 3. The van der Waals surface area contributed by atoms with Crippen LogP contribution in [0.15, 0.2) is 43.9 Å². The number of halogens is 2. The Balaban J connectivity index is 2.25. The molecular weight excluding hydrogens is 384 g/mol. The van der Waals surface area contributed by atoms with Crippen molar-refractivity contribution in [1.29, 1.82) is 0 Å². The molecule has 108 valence electrons. The van der Waals surface area contributed by atoms with Crippen molar-refractivity contribution in [2.45, 2.75) is 19.4 Å². The van der Waals surface area contributed by atoms with E-state index in [2.05, 4.69) is 67.9 Å². The summed E-state index contributed by atoms with van der Waals surface area (Å²) in [6.07, 6.45) is 1.04. The summed E-state index contributed by atoms with van der Waals surface area (Å²) in [7, 11) is 2.03. The third-order valence-electron chi connectivity index (χ3n) is 3.44. The predicted molar refractivity (Wildman–Crippen MR) is 90.1 cm³/mol. The van der Waals surface area contributed by atoms with Crippen LogP contribution >= 0.6 is 31.9 Å². The van der Waals surface area contributed by atoms with E-state index in [1.807, 2.05) is 13.1 Å². The standard InChI is InChI=1S/C15H18Br2N2O/c1-3-10-4-6-11(7-5-10)19(2)13(9-18)14-8-12(16)15(17)20-14/h4-8,13H,3,9,18H2,1-2H3. The summed E-state index contributed by atoms with van der Waals surface area (Å²) < 4.78 is 7.30. The van der Waals surface area contributed by atoms with Gasteiger partial charge in [0.05, 0.1) is 10.5 Å². The summed E-state index contributed by atoms with van der Waals surface area (Å²) in [6, 6.07) is 10.5. The molecule has 0 amide bonds. The normalized spacial score (nSPS) is 12.4. The molecule has 0 aliphatic heterocycles. The van der Waals surface area contributed by atoms with E-state index in [1.165, 1.54) is 5.56 Å². The topological polar surface area (TPSA) is 42.4 Å². The molecule has 3 nitrogen and oxygen atoms in total. The molecule has 1 atom stereocenters. The minimum absolute atomic E-state index is 0.00470. The molecule has 0 saturated carbocycles. The van der Waals surface area contributed by atoms with Crippen LogP contribution in [-0.2, 0) is 6.42 Å². The second-order valence-corrected chi connectivity index (χ2v) is 6.23. The van der Waals surface area contributed by atoms with E-state index in [4.69, 9.17) is 10.2 Å². The first-order chi connectivity index (χ1) is 9.56. The van der Waals surface area contributed by atoms with E-state index in [0.29, 0.717) is 11.2 Å². The molecule has 5 heteroatoms. The highest BCUT2D eigenvalue weighted by Gasteiger charge is 2.21. The molecule has 2 N–H and O–H groups in total. The number of anilines is 1. The smallest absolute Gasteiger partial charge is 0.183 e. The first kappa shape index (κ1) is 15.6. The molecule has 0 fully saturated rings. The summed E-state index contributed by atoms with van der Waals surface area (Å²) in [5.74, 6) is 0.841. The highest BCUT2D eigenvalue weighted by Crippen LogP contribution is 2.33. The van der Waals surface area contributed by atoms with Crippen LogP contribution in [0.5, 0.6) is 0 Å². The van der Waals surface area contributed by atoms with Crippen molar-refractivity contribution >= 4 is 37.5 Å². The number of likely N-dealkylation sites (N-methyl/N-ethyl adjacent to an activating group) is 1. The van der Waals surface area contributed by atoms with Gasteiger partial charge in [0.1, 0.15) is 5.76 Å². The van der Waals surface area contributed by atoms with Crippen molar-refractivity contribution in [2.75, 3.05) is 18.5 Å². The van der Waals surface area contributed by atoms with Gasteiger partial charge in [-0.15, -0.1) is 0 Å². The van der Waals surface area contributed by atoms with E-state index in [0.717, 1.165) is 22.3 Å². The Bertz CT molecular complexity index is 546. The number of nitrogens with zero attached hydrogens (tertiary/aromatic N) is 1. The van der Waals surface area contributed by atoms with Crippen molar-refractivity contribution in [1.82, 2.24) is 0 Å². The third-order valence-corrected chi connectivity index (χ3v) is 5.15. The van der Waals surface area contributed by atoms with Gasteiger partial charge in [0.25, 0.3) is 0 Å². The van der Waals surface area contributed by atoms with Gasteiger partial charge < -0.3 is 15.1 Å². The van der Waals surface area contributed by atoms with Gasteiger partial charge in [-0.05, 0) is 62.0 Å². The molecule has 0 aliphatic carbocycles. The molecule has 1 unspecified atom stereocenters. The second kappa shape index (κ2) is 6.78. The van der Waals surface area contributed by atoms with Gasteiger partial charge in [0.15, 0.2) is 4.67 Å². The minimum atomic E-state index is 0.00470. The lowest BCUT2D eigenvalue weighted by molar-refractivity contribution is 0.443. The van der Waals surface area contributed by atoms with Crippen LogP contribution in [0.4, 0.5) is 5.69 Å². The molecule has 1 heterocycles. The minimum Gasteiger partial charge on any atom is -0.451 e. The van der Waals surface area contributed by atoms with Gasteiger partial charge in [0.2, 0.25) is 0 Å². The van der Waals surface area contributed by atoms with E-state index in [9.17, 15) is 0 Å². The molecule has 0 saturated heterocycles. The Labute approximate surface area is 136 Å². The zero-order chi connectivity index (χ0) is 14.7. The SMILES string of the molecule is CCc1ccc(N(C)C(CN)c2cc(Br)c(Br)o2)cc1. The largest absolute Gasteiger partial charge is 0.451 e. The van der Waals surface area contributed by atoms with Crippen LogP contribution in [0.2, 0.25) is 0 Å². The van der Waals surface area contributed by atoms with Gasteiger partial charge in [-0.2, -0.15) is 0 Å². The van der Waals surface area contributed by atoms with Crippen molar-refractivity contribution in [2.24, 2.45) is 5.73 Å². The van der Waals surface area contributed by atoms with Gasteiger partial charge in [-0.3, -0.25) is 0 Å². The molecule has 2 aromatic rings. The van der Waals surface area contributed by atoms with Gasteiger partial charge in [-0.1, -0.05) is 19.1 Å². The molecule has 0 aliphatic rings. The maximum Gasteiger partial charge on any atom is 0.183 e. The summed E-state index contributed by atoms with van der Waals surface area (Å²) in [5, 5.41) is 0. The van der Waals surface area contributed by atoms with Gasteiger partial charge in [-0.25, -0.2) is 0 Å². The Kier molecular flexibility index (Phi) is 5.29. The molecule has 0 bridgehead atoms. The van der Waals surface area contributed by atoms with Crippen LogP contribution in [-0.4, -0.2) is 13.6 Å². The first-order valence-corrected chi connectivity index (χ1v) is 8.12. The third kappa shape index (κ3) is 3.27. The number of nitrogens with two attached hydrogens (primary N) is 1. The van der Waals surface area contributed by atoms with Crippen LogP contribution in [0, 0.1) is 0 Å². The van der Waals surface area contributed by atoms with Crippen LogP contribution < -0.4 is 10.6 Å². The summed E-state index contributed by atoms with van der Waals surface area (Å²) >= 11 is 6.80. The fourth-order valence-electron chi connectivity index (χ4n) is 2.14. The lowest BCUT2D eigenvalue weighted by Crippen LogP contribution is -2.30. The Hall–Kier alpha value is -0.780. The van der Waals surface area contributed by atoms with Crippen LogP contribution in [0.3, 0.4) is 0 Å². The summed E-state index contributed by atoms with van der Waals surface area (Å²) in [5.41, 5.74) is 8.38. The number of hydrogen-bond donors (Lipinski definition) is 1. The van der Waals surface area contributed by atoms with E-state index in [-0.39, 0.29) is 6.04 Å². The van der Waals surface area contributed by atoms with Gasteiger partial charge >= 0.3 is 0 Å². The van der Waals surface area contributed by atoms with E-state index < -0.39 is 0 Å². The highest BCUT2D eigenvalue weighted by molar-refractivity contribution is 9.13. The maximum absolute atomic E-state index is 5.93. The predicted octanol–water partition coefficient (Wildman–Crippen LogP) is 4.50. The zero-order valence-electron chi connectivity index (χ0n) is 11.6. The number of rotatable bonds is 5. The van der Waals surface area contributed by atoms with Crippen molar-refractivity contribution in [3.63, 3.8) is 0 Å². The highest BCUT2D eigenvalue weighted by atomic mass is 79.9. The molecule has 2 rings (SSSR count). The average molecular weight is 402 g/mol. The van der Waals surface area contributed by atoms with Crippen molar-refractivity contribution < 1.29 is 4.42 Å². The van der Waals surface area contributed by atoms with Crippen LogP contribution in [0.25, 0.3) is 0 Å². The number of furan rings is 1. The maximum atomic E-state index is 5.93. The average Bonchev–Trinajstić information content (AvgIpc) is 2.79. The Morgan fingerprint density at radius 2 is 1.90 bits per heavy atom. The Morgan fingerprint density at radius 1 is 1.25 bits per heavy atom. The first-order valence-electron chi connectivity index (χ1n) is 6.53. The van der Waals surface area contributed by atoms with Crippen LogP contribution in [0.1, 0.15) is 24.3 Å². The Morgan fingerprint density at radius 3 is 2.35 bits per heavy atom. The number of aryl methyl sites for hydroxylation is 1. The lowest BCUT2D eigenvalue weighted by Gasteiger charge is -2.27. The number of benzene rings is 1. The molecule has 20 heavy (non-hydrogen) atoms. The molecule has 0 radical (unpaired) electrons. The van der Waals surface area contributed by atoms with E-state index >= 15 is 0 Å². The fraction of sp³-hybridized carbons (Fsp3) is 0.333. The fourth-order valence-corrected chi connectivity index (χ4v) is 2.75. The monoisotopic (exact) mass is 400 g/mol. The summed E-state index contributed by atoms with van der Waals surface area (Å²) in [4.78, 5) is 2.14. The second-order valence-electron chi connectivity index (χ2n) is 4.65. The molecule has 1 aromatic carbocycles. The zero-order valence-corrected chi connectivity index (χ0v) is 14.7. The van der Waals surface area contributed by atoms with E-state index in [1.54, 1.807) is 0 Å².